The maximum absolute atomic E-state index is 12.0. The van der Waals surface area contributed by atoms with Crippen LogP contribution in [0.4, 0.5) is 5.69 Å². The van der Waals surface area contributed by atoms with Crippen LogP contribution in [0.15, 0.2) is 12.3 Å². The van der Waals surface area contributed by atoms with E-state index in [1.807, 2.05) is 0 Å². The summed E-state index contributed by atoms with van der Waals surface area (Å²) in [7, 11) is 0. The van der Waals surface area contributed by atoms with E-state index in [-0.39, 0.29) is 5.91 Å². The molecule has 0 aliphatic heterocycles. The third-order valence-corrected chi connectivity index (χ3v) is 3.70. The number of aromatic nitrogens is 1. The summed E-state index contributed by atoms with van der Waals surface area (Å²) in [6.45, 7) is 4.49. The summed E-state index contributed by atoms with van der Waals surface area (Å²) in [5.41, 5.74) is 6.73. The number of carbonyl (C=O) groups excluding carboxylic acids is 1. The van der Waals surface area contributed by atoms with Crippen molar-refractivity contribution in [1.82, 2.24) is 10.3 Å². The predicted molar refractivity (Wildman–Crippen MR) is 68.6 cm³/mol. The first-order valence-electron chi connectivity index (χ1n) is 6.31. The van der Waals surface area contributed by atoms with Crippen molar-refractivity contribution in [3.8, 4) is 0 Å². The van der Waals surface area contributed by atoms with Gasteiger partial charge in [0.2, 0.25) is 0 Å². The Morgan fingerprint density at radius 2 is 2.24 bits per heavy atom. The summed E-state index contributed by atoms with van der Waals surface area (Å²) in [4.78, 5) is 14.8. The number of amides is 1. The van der Waals surface area contributed by atoms with Crippen molar-refractivity contribution in [3.05, 3.63) is 18.0 Å². The van der Waals surface area contributed by atoms with Crippen LogP contribution in [-0.4, -0.2) is 16.9 Å². The van der Waals surface area contributed by atoms with Crippen molar-refractivity contribution in [2.45, 2.75) is 39.2 Å². The van der Waals surface area contributed by atoms with Gasteiger partial charge in [0.1, 0.15) is 5.69 Å². The average Bonchev–Trinajstić information content (AvgIpc) is 2.69. The van der Waals surface area contributed by atoms with Gasteiger partial charge in [0.05, 0.1) is 0 Å². The van der Waals surface area contributed by atoms with Gasteiger partial charge in [-0.15, -0.1) is 0 Å². The molecule has 1 aromatic heterocycles. The van der Waals surface area contributed by atoms with Crippen molar-refractivity contribution in [1.29, 1.82) is 0 Å². The fourth-order valence-corrected chi connectivity index (χ4v) is 2.67. The van der Waals surface area contributed by atoms with Crippen LogP contribution >= 0.6 is 0 Å². The Kier molecular flexibility index (Phi) is 3.41. The van der Waals surface area contributed by atoms with Crippen LogP contribution in [0, 0.1) is 11.8 Å². The summed E-state index contributed by atoms with van der Waals surface area (Å²) in [5.74, 6) is 1.28. The molecule has 0 saturated heterocycles. The van der Waals surface area contributed by atoms with Crippen molar-refractivity contribution >= 4 is 11.6 Å². The van der Waals surface area contributed by atoms with Crippen LogP contribution in [0.2, 0.25) is 0 Å². The highest BCUT2D eigenvalue weighted by atomic mass is 16.1. The minimum atomic E-state index is -0.0481. The molecule has 17 heavy (non-hydrogen) atoms. The van der Waals surface area contributed by atoms with E-state index in [9.17, 15) is 4.79 Å². The fourth-order valence-electron chi connectivity index (χ4n) is 2.67. The SMILES string of the molecule is CC1CCC(NC(=O)c2cc(N)c[nH]2)C(C)C1. The highest BCUT2D eigenvalue weighted by molar-refractivity contribution is 5.93. The van der Waals surface area contributed by atoms with Crippen molar-refractivity contribution < 1.29 is 4.79 Å². The third-order valence-electron chi connectivity index (χ3n) is 3.70. The molecule has 1 aliphatic carbocycles. The number of anilines is 1. The Morgan fingerprint density at radius 1 is 1.47 bits per heavy atom. The molecule has 2 rings (SSSR count). The second-order valence-corrected chi connectivity index (χ2v) is 5.32. The Hall–Kier alpha value is -1.45. The van der Waals surface area contributed by atoms with Gasteiger partial charge in [-0.25, -0.2) is 0 Å². The molecular weight excluding hydrogens is 214 g/mol. The molecule has 3 unspecified atom stereocenters. The van der Waals surface area contributed by atoms with Crippen LogP contribution in [0.1, 0.15) is 43.6 Å². The second kappa shape index (κ2) is 4.82. The van der Waals surface area contributed by atoms with Gasteiger partial charge in [-0.3, -0.25) is 4.79 Å². The van der Waals surface area contributed by atoms with E-state index in [1.165, 1.54) is 12.8 Å². The highest BCUT2D eigenvalue weighted by Gasteiger charge is 2.26. The number of H-pyrrole nitrogens is 1. The van der Waals surface area contributed by atoms with Gasteiger partial charge in [0, 0.05) is 17.9 Å². The molecule has 1 fully saturated rings. The standard InChI is InChI=1S/C13H21N3O/c1-8-3-4-11(9(2)5-8)16-13(17)12-6-10(14)7-15-12/h6-9,11,15H,3-5,14H2,1-2H3,(H,16,17). The van der Waals surface area contributed by atoms with Crippen LogP contribution < -0.4 is 11.1 Å². The molecule has 0 aromatic carbocycles. The Morgan fingerprint density at radius 3 is 2.82 bits per heavy atom. The van der Waals surface area contributed by atoms with Crippen LogP contribution in [-0.2, 0) is 0 Å². The minimum absolute atomic E-state index is 0.0481. The van der Waals surface area contributed by atoms with E-state index in [0.29, 0.717) is 23.3 Å². The zero-order chi connectivity index (χ0) is 12.4. The van der Waals surface area contributed by atoms with Gasteiger partial charge in [-0.05, 0) is 37.2 Å². The number of aromatic amines is 1. The molecule has 0 bridgehead atoms. The number of hydrogen-bond acceptors (Lipinski definition) is 2. The number of nitrogens with one attached hydrogen (secondary N) is 2. The topological polar surface area (TPSA) is 70.9 Å². The molecule has 94 valence electrons. The molecule has 1 aliphatic rings. The number of nitrogen functional groups attached to an aromatic ring is 1. The number of rotatable bonds is 2. The molecule has 4 heteroatoms. The zero-order valence-corrected chi connectivity index (χ0v) is 10.5. The first kappa shape index (κ1) is 12.0. The second-order valence-electron chi connectivity index (χ2n) is 5.32. The largest absolute Gasteiger partial charge is 0.397 e. The van der Waals surface area contributed by atoms with Crippen LogP contribution in [0.5, 0.6) is 0 Å². The van der Waals surface area contributed by atoms with Gasteiger partial charge in [0.15, 0.2) is 0 Å². The maximum atomic E-state index is 12.0. The van der Waals surface area contributed by atoms with E-state index < -0.39 is 0 Å². The smallest absolute Gasteiger partial charge is 0.267 e. The van der Waals surface area contributed by atoms with E-state index in [2.05, 4.69) is 24.1 Å². The lowest BCUT2D eigenvalue weighted by molar-refractivity contribution is 0.0895. The van der Waals surface area contributed by atoms with Crippen LogP contribution in [0.3, 0.4) is 0 Å². The van der Waals surface area contributed by atoms with Crippen molar-refractivity contribution in [2.24, 2.45) is 11.8 Å². The molecular formula is C13H21N3O. The van der Waals surface area contributed by atoms with Crippen LogP contribution in [0.25, 0.3) is 0 Å². The zero-order valence-electron chi connectivity index (χ0n) is 10.5. The van der Waals surface area contributed by atoms with Crippen molar-refractivity contribution in [3.63, 3.8) is 0 Å². The molecule has 1 amide bonds. The number of hydrogen-bond donors (Lipinski definition) is 3. The lowest BCUT2D eigenvalue weighted by atomic mass is 9.80. The summed E-state index contributed by atoms with van der Waals surface area (Å²) < 4.78 is 0. The van der Waals surface area contributed by atoms with E-state index in [4.69, 9.17) is 5.73 Å². The van der Waals surface area contributed by atoms with Gasteiger partial charge < -0.3 is 16.0 Å². The number of nitrogens with two attached hydrogens (primary N) is 1. The first-order valence-corrected chi connectivity index (χ1v) is 6.31. The highest BCUT2D eigenvalue weighted by Crippen LogP contribution is 2.28. The fraction of sp³-hybridized carbons (Fsp3) is 0.615. The van der Waals surface area contributed by atoms with Gasteiger partial charge in [-0.1, -0.05) is 13.8 Å². The van der Waals surface area contributed by atoms with E-state index in [0.717, 1.165) is 12.3 Å². The van der Waals surface area contributed by atoms with Crippen molar-refractivity contribution in [2.75, 3.05) is 5.73 Å². The Balaban J connectivity index is 1.95. The Labute approximate surface area is 102 Å². The first-order chi connectivity index (χ1) is 8.06. The lowest BCUT2D eigenvalue weighted by Crippen LogP contribution is -2.42. The molecule has 1 aromatic rings. The predicted octanol–water partition coefficient (Wildman–Crippen LogP) is 2.15. The minimum Gasteiger partial charge on any atom is -0.397 e. The number of carbonyl (C=O) groups is 1. The van der Waals surface area contributed by atoms with Gasteiger partial charge >= 0.3 is 0 Å². The van der Waals surface area contributed by atoms with E-state index in [1.54, 1.807) is 12.3 Å². The monoisotopic (exact) mass is 235 g/mol. The van der Waals surface area contributed by atoms with Gasteiger partial charge in [0.25, 0.3) is 5.91 Å². The summed E-state index contributed by atoms with van der Waals surface area (Å²) in [5, 5.41) is 3.09. The molecule has 3 atom stereocenters. The molecule has 4 N–H and O–H groups in total. The molecule has 4 nitrogen and oxygen atoms in total. The Bertz CT molecular complexity index is 399. The quantitative estimate of drug-likeness (QED) is 0.735. The summed E-state index contributed by atoms with van der Waals surface area (Å²) in [6, 6.07) is 1.97. The molecule has 0 spiro atoms. The summed E-state index contributed by atoms with van der Waals surface area (Å²) in [6.07, 6.45) is 5.10. The maximum Gasteiger partial charge on any atom is 0.267 e. The average molecular weight is 235 g/mol. The third kappa shape index (κ3) is 2.81. The lowest BCUT2D eigenvalue weighted by Gasteiger charge is -2.33. The molecule has 1 saturated carbocycles. The van der Waals surface area contributed by atoms with E-state index >= 15 is 0 Å². The normalized spacial score (nSPS) is 28.9. The molecule has 1 heterocycles. The molecule has 0 radical (unpaired) electrons. The summed E-state index contributed by atoms with van der Waals surface area (Å²) >= 11 is 0. The van der Waals surface area contributed by atoms with Gasteiger partial charge in [-0.2, -0.15) is 0 Å².